The number of benzene rings is 1. The maximum Gasteiger partial charge on any atom is 0.162 e. The number of ether oxygens (including phenoxy) is 1. The molecule has 2 atom stereocenters. The first-order valence-electron chi connectivity index (χ1n) is 7.54. The van der Waals surface area contributed by atoms with Crippen LogP contribution in [0.15, 0.2) is 18.2 Å². The molecule has 0 spiro atoms. The number of nitrogens with two attached hydrogens (primary N) is 1. The van der Waals surface area contributed by atoms with Gasteiger partial charge in [0.15, 0.2) is 11.5 Å². The van der Waals surface area contributed by atoms with Gasteiger partial charge in [-0.3, -0.25) is 4.90 Å². The highest BCUT2D eigenvalue weighted by Crippen LogP contribution is 2.38. The summed E-state index contributed by atoms with van der Waals surface area (Å²) in [6.07, 6.45) is 4.84. The molecule has 1 aromatic carbocycles. The molecule has 0 amide bonds. The van der Waals surface area contributed by atoms with Crippen LogP contribution in [0.1, 0.15) is 44.2 Å². The highest BCUT2D eigenvalue weighted by Gasteiger charge is 2.30. The molecule has 4 nitrogen and oxygen atoms in total. The molecule has 3 N–H and O–H groups in total. The molecule has 0 radical (unpaired) electrons. The molecule has 4 heteroatoms. The number of rotatable bonds is 5. The Morgan fingerprint density at radius 3 is 2.90 bits per heavy atom. The average Bonchev–Trinajstić information content (AvgIpc) is 2.50. The summed E-state index contributed by atoms with van der Waals surface area (Å²) in [5, 5.41) is 10.4. The van der Waals surface area contributed by atoms with E-state index in [1.807, 2.05) is 12.1 Å². The van der Waals surface area contributed by atoms with Crippen molar-refractivity contribution in [2.75, 3.05) is 20.2 Å². The fourth-order valence-electron chi connectivity index (χ4n) is 3.29. The Hall–Kier alpha value is -1.26. The van der Waals surface area contributed by atoms with E-state index in [-0.39, 0.29) is 11.8 Å². The van der Waals surface area contributed by atoms with E-state index in [0.717, 1.165) is 18.5 Å². The minimum atomic E-state index is 0.0651. The van der Waals surface area contributed by atoms with Gasteiger partial charge >= 0.3 is 0 Å². The fraction of sp³-hybridized carbons (Fsp3) is 0.625. The first kappa shape index (κ1) is 15.1. The molecule has 2 unspecified atom stereocenters. The Bertz CT molecular complexity index is 436. The molecule has 112 valence electrons. The standard InChI is InChI=1S/C16H26N2O2/c1-3-12-7-4-5-10-18(12)14(11-17)13-8-6-9-15(20-2)16(13)19/h6,8-9,12,14,19H,3-5,7,10-11,17H2,1-2H3. The van der Waals surface area contributed by atoms with Crippen LogP contribution in [0.4, 0.5) is 0 Å². The molecule has 1 aliphatic heterocycles. The first-order chi connectivity index (χ1) is 9.72. The van der Waals surface area contributed by atoms with E-state index < -0.39 is 0 Å². The van der Waals surface area contributed by atoms with Gasteiger partial charge in [0.05, 0.1) is 13.2 Å². The van der Waals surface area contributed by atoms with Gasteiger partial charge < -0.3 is 15.6 Å². The normalized spacial score (nSPS) is 21.6. The van der Waals surface area contributed by atoms with E-state index in [0.29, 0.717) is 18.3 Å². The average molecular weight is 278 g/mol. The van der Waals surface area contributed by atoms with Gasteiger partial charge in [-0.25, -0.2) is 0 Å². The van der Waals surface area contributed by atoms with Gasteiger partial charge in [-0.05, 0) is 31.9 Å². The second kappa shape index (κ2) is 6.95. The molecule has 0 bridgehead atoms. The molecule has 0 saturated carbocycles. The van der Waals surface area contributed by atoms with Gasteiger partial charge in [0.25, 0.3) is 0 Å². The van der Waals surface area contributed by atoms with Crippen molar-refractivity contribution in [1.82, 2.24) is 4.90 Å². The summed E-state index contributed by atoms with van der Waals surface area (Å²) >= 11 is 0. The summed E-state index contributed by atoms with van der Waals surface area (Å²) in [7, 11) is 1.58. The number of methoxy groups -OCH3 is 1. The van der Waals surface area contributed by atoms with Crippen molar-refractivity contribution in [3.63, 3.8) is 0 Å². The molecule has 1 heterocycles. The molecular formula is C16H26N2O2. The zero-order valence-electron chi connectivity index (χ0n) is 12.5. The van der Waals surface area contributed by atoms with Gasteiger partial charge in [-0.1, -0.05) is 25.5 Å². The number of phenolic OH excluding ortho intramolecular Hbond substituents is 1. The Balaban J connectivity index is 2.31. The lowest BCUT2D eigenvalue weighted by Gasteiger charge is -2.41. The summed E-state index contributed by atoms with van der Waals surface area (Å²) in [5.41, 5.74) is 6.90. The van der Waals surface area contributed by atoms with Crippen LogP contribution in [0, 0.1) is 0 Å². The van der Waals surface area contributed by atoms with E-state index in [4.69, 9.17) is 10.5 Å². The first-order valence-corrected chi connectivity index (χ1v) is 7.54. The second-order valence-corrected chi connectivity index (χ2v) is 5.45. The van der Waals surface area contributed by atoms with Crippen LogP contribution >= 0.6 is 0 Å². The van der Waals surface area contributed by atoms with Crippen LogP contribution in [-0.2, 0) is 0 Å². The predicted molar refractivity (Wildman–Crippen MR) is 81.1 cm³/mol. The van der Waals surface area contributed by atoms with Crippen molar-refractivity contribution in [3.05, 3.63) is 23.8 Å². The summed E-state index contributed by atoms with van der Waals surface area (Å²) < 4.78 is 5.21. The number of hydrogen-bond acceptors (Lipinski definition) is 4. The molecule has 0 aromatic heterocycles. The van der Waals surface area contributed by atoms with Gasteiger partial charge in [0.1, 0.15) is 0 Å². The minimum absolute atomic E-state index is 0.0651. The topological polar surface area (TPSA) is 58.7 Å². The monoisotopic (exact) mass is 278 g/mol. The third-order valence-electron chi connectivity index (χ3n) is 4.38. The maximum atomic E-state index is 10.4. The summed E-state index contributed by atoms with van der Waals surface area (Å²) in [6.45, 7) is 3.79. The lowest BCUT2D eigenvalue weighted by Crippen LogP contribution is -2.44. The van der Waals surface area contributed by atoms with Crippen LogP contribution < -0.4 is 10.5 Å². The second-order valence-electron chi connectivity index (χ2n) is 5.45. The predicted octanol–water partition coefficient (Wildman–Crippen LogP) is 2.67. The third kappa shape index (κ3) is 2.91. The molecule has 1 aliphatic rings. The van der Waals surface area contributed by atoms with E-state index in [9.17, 15) is 5.11 Å². The van der Waals surface area contributed by atoms with Crippen LogP contribution in [0.5, 0.6) is 11.5 Å². The number of phenols is 1. The van der Waals surface area contributed by atoms with Crippen molar-refractivity contribution in [3.8, 4) is 11.5 Å². The van der Waals surface area contributed by atoms with E-state index in [2.05, 4.69) is 11.8 Å². The van der Waals surface area contributed by atoms with Crippen LogP contribution in [0.3, 0.4) is 0 Å². The van der Waals surface area contributed by atoms with Crippen LogP contribution in [-0.4, -0.2) is 36.2 Å². The van der Waals surface area contributed by atoms with Crippen molar-refractivity contribution in [2.24, 2.45) is 5.73 Å². The molecule has 1 fully saturated rings. The lowest BCUT2D eigenvalue weighted by atomic mass is 9.94. The Morgan fingerprint density at radius 2 is 2.25 bits per heavy atom. The smallest absolute Gasteiger partial charge is 0.162 e. The summed E-state index contributed by atoms with van der Waals surface area (Å²) in [6, 6.07) is 6.27. The largest absolute Gasteiger partial charge is 0.504 e. The zero-order chi connectivity index (χ0) is 14.5. The van der Waals surface area contributed by atoms with Crippen LogP contribution in [0.2, 0.25) is 0 Å². The summed E-state index contributed by atoms with van der Waals surface area (Å²) in [4.78, 5) is 2.46. The number of nitrogens with zero attached hydrogens (tertiary/aromatic N) is 1. The number of piperidine rings is 1. The maximum absolute atomic E-state index is 10.4. The highest BCUT2D eigenvalue weighted by molar-refractivity contribution is 5.47. The minimum Gasteiger partial charge on any atom is -0.504 e. The molecule has 2 rings (SSSR count). The number of likely N-dealkylation sites (tertiary alicyclic amines) is 1. The molecule has 20 heavy (non-hydrogen) atoms. The number of para-hydroxylation sites is 1. The van der Waals surface area contributed by atoms with Gasteiger partial charge in [0, 0.05) is 18.2 Å². The van der Waals surface area contributed by atoms with Crippen molar-refractivity contribution in [2.45, 2.75) is 44.7 Å². The Labute approximate surface area is 121 Å². The summed E-state index contributed by atoms with van der Waals surface area (Å²) in [5.74, 6) is 0.747. The SMILES string of the molecule is CCC1CCCCN1C(CN)c1cccc(OC)c1O. The van der Waals surface area contributed by atoms with Crippen molar-refractivity contribution in [1.29, 1.82) is 0 Å². The van der Waals surface area contributed by atoms with E-state index in [1.165, 1.54) is 19.3 Å². The zero-order valence-corrected chi connectivity index (χ0v) is 12.5. The lowest BCUT2D eigenvalue weighted by molar-refractivity contribution is 0.0933. The molecule has 1 aromatic rings. The van der Waals surface area contributed by atoms with Gasteiger partial charge in [-0.15, -0.1) is 0 Å². The van der Waals surface area contributed by atoms with Crippen LogP contribution in [0.25, 0.3) is 0 Å². The third-order valence-corrected chi connectivity index (χ3v) is 4.38. The van der Waals surface area contributed by atoms with Gasteiger partial charge in [-0.2, -0.15) is 0 Å². The Kier molecular flexibility index (Phi) is 5.26. The molecule has 1 saturated heterocycles. The van der Waals surface area contributed by atoms with Gasteiger partial charge in [0.2, 0.25) is 0 Å². The van der Waals surface area contributed by atoms with Crippen molar-refractivity contribution < 1.29 is 9.84 Å². The Morgan fingerprint density at radius 1 is 1.45 bits per heavy atom. The fourth-order valence-corrected chi connectivity index (χ4v) is 3.29. The quantitative estimate of drug-likeness (QED) is 0.869. The molecule has 0 aliphatic carbocycles. The number of aromatic hydroxyl groups is 1. The number of hydrogen-bond donors (Lipinski definition) is 2. The van der Waals surface area contributed by atoms with Crippen molar-refractivity contribution >= 4 is 0 Å². The van der Waals surface area contributed by atoms with E-state index >= 15 is 0 Å². The highest BCUT2D eigenvalue weighted by atomic mass is 16.5. The molecular weight excluding hydrogens is 252 g/mol. The van der Waals surface area contributed by atoms with E-state index in [1.54, 1.807) is 13.2 Å².